The SMILES string of the molecule is O=P1(c2ccccc2)C2=C(c3cc4ccccc4cc31)C(c1ccccc1)(c1ccccc1)c1c2cc2c3c1CCCN3CCC2. The van der Waals surface area contributed by atoms with E-state index < -0.39 is 12.6 Å². The molecule has 6 aromatic carbocycles. The maximum atomic E-state index is 16.6. The number of rotatable bonds is 3. The van der Waals surface area contributed by atoms with Crippen molar-refractivity contribution in [1.29, 1.82) is 0 Å². The van der Waals surface area contributed by atoms with Crippen LogP contribution in [0.25, 0.3) is 21.7 Å². The van der Waals surface area contributed by atoms with Gasteiger partial charge in [-0.25, -0.2) is 0 Å². The predicted octanol–water partition coefficient (Wildman–Crippen LogP) is 9.08. The van der Waals surface area contributed by atoms with Gasteiger partial charge in [-0.3, -0.25) is 0 Å². The van der Waals surface area contributed by atoms with Crippen LogP contribution in [0.2, 0.25) is 0 Å². The van der Waals surface area contributed by atoms with Crippen LogP contribution in [0, 0.1) is 0 Å². The van der Waals surface area contributed by atoms with Crippen molar-refractivity contribution in [3.63, 3.8) is 0 Å². The van der Waals surface area contributed by atoms with Gasteiger partial charge in [-0.1, -0.05) is 115 Å². The summed E-state index contributed by atoms with van der Waals surface area (Å²) in [6.07, 6.45) is 4.43. The number of anilines is 1. The minimum absolute atomic E-state index is 0.601. The van der Waals surface area contributed by atoms with Crippen LogP contribution in [0.5, 0.6) is 0 Å². The number of allylic oxidation sites excluding steroid dienone is 1. The van der Waals surface area contributed by atoms with E-state index >= 15 is 4.57 Å². The molecule has 3 heterocycles. The molecule has 0 N–H and O–H groups in total. The second-order valence-corrected chi connectivity index (χ2v) is 16.0. The Bertz CT molecular complexity index is 2250. The summed E-state index contributed by atoms with van der Waals surface area (Å²) >= 11 is 0. The molecule has 0 saturated heterocycles. The highest BCUT2D eigenvalue weighted by atomic mass is 31.2. The summed E-state index contributed by atoms with van der Waals surface area (Å²) in [5, 5.41) is 5.30. The zero-order valence-corrected chi connectivity index (χ0v) is 26.6. The fraction of sp³-hybridized carbons (Fsp3) is 0.163. The van der Waals surface area contributed by atoms with Crippen LogP contribution in [0.4, 0.5) is 5.69 Å². The number of nitrogens with zero attached hydrogens (tertiary/aromatic N) is 1. The van der Waals surface area contributed by atoms with Gasteiger partial charge in [-0.05, 0) is 99.2 Å². The van der Waals surface area contributed by atoms with Crippen molar-refractivity contribution in [2.75, 3.05) is 18.0 Å². The Labute approximate surface area is 270 Å². The first-order valence-corrected chi connectivity index (χ1v) is 18.4. The number of fused-ring (bicyclic) bond motifs is 6. The van der Waals surface area contributed by atoms with Gasteiger partial charge in [0.2, 0.25) is 0 Å². The van der Waals surface area contributed by atoms with Gasteiger partial charge >= 0.3 is 0 Å². The highest BCUT2D eigenvalue weighted by Crippen LogP contribution is 2.75. The largest absolute Gasteiger partial charge is 0.371 e. The molecule has 46 heavy (non-hydrogen) atoms. The Hall–Kier alpha value is -4.65. The first kappa shape index (κ1) is 26.6. The third kappa shape index (κ3) is 3.30. The predicted molar refractivity (Wildman–Crippen MR) is 192 cm³/mol. The quantitative estimate of drug-likeness (QED) is 0.186. The van der Waals surface area contributed by atoms with Gasteiger partial charge in [0.25, 0.3) is 0 Å². The lowest BCUT2D eigenvalue weighted by molar-refractivity contribution is 0.593. The zero-order valence-electron chi connectivity index (χ0n) is 25.7. The van der Waals surface area contributed by atoms with E-state index in [0.717, 1.165) is 59.2 Å². The molecular weight excluding hydrogens is 577 g/mol. The fourth-order valence-corrected chi connectivity index (χ4v) is 12.7. The molecule has 6 aromatic rings. The van der Waals surface area contributed by atoms with Crippen molar-refractivity contribution in [1.82, 2.24) is 0 Å². The van der Waals surface area contributed by atoms with E-state index in [4.69, 9.17) is 0 Å². The summed E-state index contributed by atoms with van der Waals surface area (Å²) in [6.45, 7) is 2.24. The summed E-state index contributed by atoms with van der Waals surface area (Å²) < 4.78 is 16.6. The molecule has 0 radical (unpaired) electrons. The number of hydrogen-bond donors (Lipinski definition) is 0. The van der Waals surface area contributed by atoms with E-state index in [1.165, 1.54) is 56.4 Å². The van der Waals surface area contributed by atoms with E-state index in [-0.39, 0.29) is 0 Å². The van der Waals surface area contributed by atoms with E-state index in [2.05, 4.69) is 132 Å². The lowest BCUT2D eigenvalue weighted by Gasteiger charge is -2.43. The summed E-state index contributed by atoms with van der Waals surface area (Å²) in [5.41, 5.74) is 11.2. The molecule has 1 atom stereocenters. The minimum Gasteiger partial charge on any atom is -0.371 e. The molecule has 1 aliphatic carbocycles. The number of aryl methyl sites for hydroxylation is 1. The van der Waals surface area contributed by atoms with Crippen molar-refractivity contribution in [3.8, 4) is 0 Å². The lowest BCUT2D eigenvalue weighted by Crippen LogP contribution is -2.38. The van der Waals surface area contributed by atoms with Gasteiger partial charge < -0.3 is 9.46 Å². The van der Waals surface area contributed by atoms with Crippen molar-refractivity contribution in [3.05, 3.63) is 172 Å². The molecule has 0 aromatic heterocycles. The first-order valence-electron chi connectivity index (χ1n) is 16.7. The second-order valence-electron chi connectivity index (χ2n) is 13.3. The molecule has 3 aliphatic heterocycles. The van der Waals surface area contributed by atoms with Crippen molar-refractivity contribution in [2.45, 2.75) is 31.1 Å². The third-order valence-electron chi connectivity index (χ3n) is 11.1. The Morgan fingerprint density at radius 1 is 0.609 bits per heavy atom. The molecule has 3 heteroatoms. The summed E-state index contributed by atoms with van der Waals surface area (Å²) in [4.78, 5) is 2.65. The van der Waals surface area contributed by atoms with Gasteiger partial charge in [0, 0.05) is 34.7 Å². The molecule has 1 unspecified atom stereocenters. The molecule has 0 saturated carbocycles. The summed E-state index contributed by atoms with van der Waals surface area (Å²) in [7, 11) is -3.27. The van der Waals surface area contributed by atoms with Crippen LogP contribution in [0.3, 0.4) is 0 Å². The van der Waals surface area contributed by atoms with E-state index in [1.54, 1.807) is 0 Å². The van der Waals surface area contributed by atoms with Gasteiger partial charge in [-0.2, -0.15) is 0 Å². The topological polar surface area (TPSA) is 20.3 Å². The summed E-state index contributed by atoms with van der Waals surface area (Å²) in [6, 6.07) is 48.2. The summed E-state index contributed by atoms with van der Waals surface area (Å²) in [5.74, 6) is 0. The normalized spacial score (nSPS) is 20.3. The standard InChI is InChI=1S/C43H34NOP/c45-46(34-21-8-3-9-22-34)38-28-30-15-11-10-14-29(30)26-36(38)40-42(46)37-27-31-16-12-24-44-25-13-23-35(41(31)44)39(37)43(40,32-17-4-1-5-18-32)33-19-6-2-7-20-33/h1-11,14-15,17-22,26-28H,12-13,16,23-25H2. The smallest absolute Gasteiger partial charge is 0.172 e. The molecular formula is C43H34NOP. The highest BCUT2D eigenvalue weighted by molar-refractivity contribution is 7.88. The van der Waals surface area contributed by atoms with Crippen molar-refractivity contribution < 1.29 is 4.57 Å². The molecule has 10 rings (SSSR count). The van der Waals surface area contributed by atoms with Crippen molar-refractivity contribution >= 4 is 45.1 Å². The Morgan fingerprint density at radius 2 is 1.20 bits per heavy atom. The Balaban J connectivity index is 1.45. The monoisotopic (exact) mass is 611 g/mol. The number of hydrogen-bond acceptors (Lipinski definition) is 2. The number of benzene rings is 6. The highest BCUT2D eigenvalue weighted by Gasteiger charge is 2.59. The molecule has 0 spiro atoms. The average molecular weight is 612 g/mol. The van der Waals surface area contributed by atoms with Crippen LogP contribution in [0.1, 0.15) is 51.8 Å². The van der Waals surface area contributed by atoms with Crippen LogP contribution in [0.15, 0.2) is 133 Å². The Morgan fingerprint density at radius 3 is 1.87 bits per heavy atom. The van der Waals surface area contributed by atoms with Gasteiger partial charge in [0.1, 0.15) is 0 Å². The van der Waals surface area contributed by atoms with Crippen LogP contribution in [-0.2, 0) is 22.8 Å². The van der Waals surface area contributed by atoms with E-state index in [1.807, 2.05) is 6.07 Å². The van der Waals surface area contributed by atoms with Gasteiger partial charge in [-0.15, -0.1) is 0 Å². The third-order valence-corrected chi connectivity index (χ3v) is 14.3. The van der Waals surface area contributed by atoms with Gasteiger partial charge in [0.15, 0.2) is 7.14 Å². The molecule has 0 bridgehead atoms. The first-order chi connectivity index (χ1) is 22.7. The maximum Gasteiger partial charge on any atom is 0.172 e. The average Bonchev–Trinajstić information content (AvgIpc) is 3.57. The minimum atomic E-state index is -3.27. The molecule has 2 nitrogen and oxygen atoms in total. The van der Waals surface area contributed by atoms with Crippen molar-refractivity contribution in [2.24, 2.45) is 0 Å². The Kier molecular flexibility index (Phi) is 5.59. The van der Waals surface area contributed by atoms with Gasteiger partial charge in [0.05, 0.1) is 5.41 Å². The molecule has 222 valence electrons. The van der Waals surface area contributed by atoms with E-state index in [0.29, 0.717) is 0 Å². The lowest BCUT2D eigenvalue weighted by atomic mass is 9.63. The maximum absolute atomic E-state index is 16.6. The van der Waals surface area contributed by atoms with Crippen LogP contribution >= 0.6 is 7.14 Å². The van der Waals surface area contributed by atoms with Crippen LogP contribution in [-0.4, -0.2) is 13.1 Å². The van der Waals surface area contributed by atoms with Crippen LogP contribution < -0.4 is 15.5 Å². The fourth-order valence-electron chi connectivity index (χ4n) is 9.40. The molecule has 4 aliphatic rings. The second kappa shape index (κ2) is 9.68. The molecule has 0 fully saturated rings. The molecule has 0 amide bonds. The van der Waals surface area contributed by atoms with E-state index in [9.17, 15) is 0 Å². The zero-order chi connectivity index (χ0) is 30.5.